The van der Waals surface area contributed by atoms with Crippen molar-refractivity contribution in [3.05, 3.63) is 0 Å². The average molecular weight is 217 g/mol. The minimum atomic E-state index is 0. The Balaban J connectivity index is -0.000000405. The molecule has 0 unspecified atom stereocenters. The SMILES string of the molecule is NCCNCCNCCN.[Cl-].[Cl-]. The third kappa shape index (κ3) is 16.8. The molecule has 0 aromatic carbocycles. The van der Waals surface area contributed by atoms with Crippen LogP contribution < -0.4 is 46.9 Å². The Kier molecular flexibility index (Phi) is 26.6. The average Bonchev–Trinajstić information content (AvgIpc) is 1.97. The zero-order valence-corrected chi connectivity index (χ0v) is 8.67. The van der Waals surface area contributed by atoms with Gasteiger partial charge in [-0.25, -0.2) is 0 Å². The minimum Gasteiger partial charge on any atom is -1.00 e. The third-order valence-corrected chi connectivity index (χ3v) is 1.12. The van der Waals surface area contributed by atoms with Crippen LogP contribution in [0.25, 0.3) is 0 Å². The van der Waals surface area contributed by atoms with Crippen molar-refractivity contribution < 1.29 is 24.8 Å². The van der Waals surface area contributed by atoms with Gasteiger partial charge in [-0.2, -0.15) is 0 Å². The highest BCUT2D eigenvalue weighted by molar-refractivity contribution is 4.51. The molecule has 0 heterocycles. The quantitative estimate of drug-likeness (QED) is 0.319. The van der Waals surface area contributed by atoms with Gasteiger partial charge in [0.05, 0.1) is 0 Å². The van der Waals surface area contributed by atoms with Gasteiger partial charge in [0.15, 0.2) is 0 Å². The van der Waals surface area contributed by atoms with Crippen molar-refractivity contribution in [2.75, 3.05) is 39.3 Å². The van der Waals surface area contributed by atoms with Crippen LogP contribution in [0, 0.1) is 0 Å². The molecule has 0 aromatic heterocycles. The predicted octanol–water partition coefficient (Wildman–Crippen LogP) is -7.91. The summed E-state index contributed by atoms with van der Waals surface area (Å²) in [4.78, 5) is 0. The monoisotopic (exact) mass is 216 g/mol. The molecule has 4 nitrogen and oxygen atoms in total. The number of rotatable bonds is 7. The lowest BCUT2D eigenvalue weighted by Gasteiger charge is -2.03. The Bertz CT molecular complexity index is 57.5. The van der Waals surface area contributed by atoms with Gasteiger partial charge in [0.1, 0.15) is 0 Å². The third-order valence-electron chi connectivity index (χ3n) is 1.12. The van der Waals surface area contributed by atoms with Gasteiger partial charge >= 0.3 is 0 Å². The Labute approximate surface area is 86.6 Å². The van der Waals surface area contributed by atoms with Gasteiger partial charge in [0, 0.05) is 39.3 Å². The van der Waals surface area contributed by atoms with Crippen LogP contribution in [0.15, 0.2) is 0 Å². The second-order valence-corrected chi connectivity index (χ2v) is 2.08. The first-order chi connectivity index (χ1) is 4.91. The first-order valence-electron chi connectivity index (χ1n) is 3.73. The molecule has 0 aromatic rings. The molecule has 6 heteroatoms. The normalized spacial score (nSPS) is 8.50. The summed E-state index contributed by atoms with van der Waals surface area (Å²) in [5.74, 6) is 0. The molecule has 78 valence electrons. The molecule has 0 bridgehead atoms. The van der Waals surface area contributed by atoms with Gasteiger partial charge in [0.25, 0.3) is 0 Å². The van der Waals surface area contributed by atoms with Crippen molar-refractivity contribution in [3.63, 3.8) is 0 Å². The van der Waals surface area contributed by atoms with Gasteiger partial charge < -0.3 is 46.9 Å². The Hall–Kier alpha value is 0.420. The number of hydrogen-bond acceptors (Lipinski definition) is 4. The molecule has 0 radical (unpaired) electrons. The Morgan fingerprint density at radius 3 is 1.25 bits per heavy atom. The van der Waals surface area contributed by atoms with E-state index in [-0.39, 0.29) is 24.8 Å². The summed E-state index contributed by atoms with van der Waals surface area (Å²) in [5.41, 5.74) is 10.5. The Morgan fingerprint density at radius 2 is 1.00 bits per heavy atom. The summed E-state index contributed by atoms with van der Waals surface area (Å²) in [6, 6.07) is 0. The number of hydrogen-bond donors (Lipinski definition) is 4. The van der Waals surface area contributed by atoms with Crippen molar-refractivity contribution in [3.8, 4) is 0 Å². The molecular weight excluding hydrogens is 199 g/mol. The molecule has 0 spiro atoms. The summed E-state index contributed by atoms with van der Waals surface area (Å²) in [6.45, 7) is 5.14. The zero-order valence-electron chi connectivity index (χ0n) is 7.15. The van der Waals surface area contributed by atoms with Crippen LogP contribution in [0.4, 0.5) is 0 Å². The summed E-state index contributed by atoms with van der Waals surface area (Å²) in [7, 11) is 0. The largest absolute Gasteiger partial charge is 1.00 e. The standard InChI is InChI=1S/C6H18N4.2ClH/c7-1-3-9-5-6-10-4-2-8;;/h9-10H,1-8H2;2*1H/p-2. The van der Waals surface area contributed by atoms with E-state index in [1.54, 1.807) is 0 Å². The highest BCUT2D eigenvalue weighted by Gasteiger charge is 1.83. The van der Waals surface area contributed by atoms with E-state index in [4.69, 9.17) is 11.5 Å². The molecule has 6 N–H and O–H groups in total. The lowest BCUT2D eigenvalue weighted by atomic mass is 10.5. The molecule has 0 fully saturated rings. The summed E-state index contributed by atoms with van der Waals surface area (Å²) in [5, 5.41) is 6.33. The predicted molar refractivity (Wildman–Crippen MR) is 43.8 cm³/mol. The molecule has 0 amide bonds. The molecule has 0 rings (SSSR count). The molecule has 0 saturated carbocycles. The van der Waals surface area contributed by atoms with E-state index < -0.39 is 0 Å². The van der Waals surface area contributed by atoms with E-state index >= 15 is 0 Å². The van der Waals surface area contributed by atoms with E-state index in [2.05, 4.69) is 10.6 Å². The smallest absolute Gasteiger partial charge is 0.00772 e. The molecular formula is C6H18Cl2N4-2. The van der Waals surface area contributed by atoms with Crippen LogP contribution in [0.1, 0.15) is 0 Å². The molecule has 0 aliphatic carbocycles. The fraction of sp³-hybridized carbons (Fsp3) is 1.00. The van der Waals surface area contributed by atoms with E-state index in [0.717, 1.165) is 26.2 Å². The summed E-state index contributed by atoms with van der Waals surface area (Å²) >= 11 is 0. The molecule has 0 saturated heterocycles. The second-order valence-electron chi connectivity index (χ2n) is 2.08. The molecule has 0 atom stereocenters. The van der Waals surface area contributed by atoms with E-state index in [0.29, 0.717) is 13.1 Å². The van der Waals surface area contributed by atoms with E-state index in [1.807, 2.05) is 0 Å². The van der Waals surface area contributed by atoms with Crippen LogP contribution in [-0.4, -0.2) is 39.3 Å². The van der Waals surface area contributed by atoms with Crippen molar-refractivity contribution in [1.82, 2.24) is 10.6 Å². The van der Waals surface area contributed by atoms with Crippen molar-refractivity contribution in [1.29, 1.82) is 0 Å². The van der Waals surface area contributed by atoms with E-state index in [1.165, 1.54) is 0 Å². The van der Waals surface area contributed by atoms with Crippen LogP contribution in [0.2, 0.25) is 0 Å². The van der Waals surface area contributed by atoms with Crippen molar-refractivity contribution in [2.45, 2.75) is 0 Å². The first-order valence-corrected chi connectivity index (χ1v) is 3.73. The van der Waals surface area contributed by atoms with Crippen LogP contribution in [0.5, 0.6) is 0 Å². The Morgan fingerprint density at radius 1 is 0.667 bits per heavy atom. The summed E-state index contributed by atoms with van der Waals surface area (Å²) < 4.78 is 0. The van der Waals surface area contributed by atoms with Crippen LogP contribution in [0.3, 0.4) is 0 Å². The second kappa shape index (κ2) is 17.5. The minimum absolute atomic E-state index is 0. The topological polar surface area (TPSA) is 76.1 Å². The molecule has 0 aliphatic rings. The maximum atomic E-state index is 5.27. The van der Waals surface area contributed by atoms with Gasteiger partial charge in [0.2, 0.25) is 0 Å². The van der Waals surface area contributed by atoms with Gasteiger partial charge in [-0.3, -0.25) is 0 Å². The first kappa shape index (κ1) is 18.3. The van der Waals surface area contributed by atoms with E-state index in [9.17, 15) is 0 Å². The summed E-state index contributed by atoms with van der Waals surface area (Å²) in [6.07, 6.45) is 0. The lowest BCUT2D eigenvalue weighted by molar-refractivity contribution is -0.00100. The van der Waals surface area contributed by atoms with Crippen LogP contribution in [-0.2, 0) is 0 Å². The van der Waals surface area contributed by atoms with Gasteiger partial charge in [-0.1, -0.05) is 0 Å². The van der Waals surface area contributed by atoms with Gasteiger partial charge in [-0.05, 0) is 0 Å². The fourth-order valence-corrected chi connectivity index (χ4v) is 0.631. The number of nitrogens with two attached hydrogens (primary N) is 2. The number of nitrogens with one attached hydrogen (secondary N) is 2. The lowest BCUT2D eigenvalue weighted by Crippen LogP contribution is -3.00. The van der Waals surface area contributed by atoms with Crippen LogP contribution >= 0.6 is 0 Å². The maximum absolute atomic E-state index is 5.27. The molecule has 12 heavy (non-hydrogen) atoms. The van der Waals surface area contributed by atoms with Crippen molar-refractivity contribution in [2.24, 2.45) is 11.5 Å². The van der Waals surface area contributed by atoms with Gasteiger partial charge in [-0.15, -0.1) is 0 Å². The molecule has 0 aliphatic heterocycles. The van der Waals surface area contributed by atoms with Crippen molar-refractivity contribution >= 4 is 0 Å². The maximum Gasteiger partial charge on any atom is 0.00772 e. The highest BCUT2D eigenvalue weighted by Crippen LogP contribution is 1.57. The highest BCUT2D eigenvalue weighted by atomic mass is 35.5. The zero-order chi connectivity index (χ0) is 7.66. The number of halogens is 2. The fourth-order valence-electron chi connectivity index (χ4n) is 0.631.